The molecule has 3 aromatic rings. The SMILES string of the molecule is [O-][n+]1onc2c1CCc1c-2nc(-c2cccc(Cl)c2)n1O. The molecular weight excluding hydrogens is 296 g/mol. The maximum atomic E-state index is 11.5. The first-order valence-electron chi connectivity index (χ1n) is 6.31. The van der Waals surface area contributed by atoms with Gasteiger partial charge in [-0.25, -0.2) is 4.98 Å². The molecule has 2 heterocycles. The minimum absolute atomic E-state index is 0.357. The maximum absolute atomic E-state index is 11.5. The van der Waals surface area contributed by atoms with Crippen LogP contribution in [-0.4, -0.2) is 20.1 Å². The average Bonchev–Trinajstić information content (AvgIpc) is 3.01. The van der Waals surface area contributed by atoms with E-state index in [0.29, 0.717) is 56.9 Å². The predicted octanol–water partition coefficient (Wildman–Crippen LogP) is 1.83. The zero-order valence-corrected chi connectivity index (χ0v) is 11.4. The Kier molecular flexibility index (Phi) is 2.46. The summed E-state index contributed by atoms with van der Waals surface area (Å²) in [5.41, 5.74) is 2.55. The van der Waals surface area contributed by atoms with Crippen molar-refractivity contribution in [2.45, 2.75) is 12.8 Å². The van der Waals surface area contributed by atoms with E-state index < -0.39 is 0 Å². The van der Waals surface area contributed by atoms with Crippen molar-refractivity contribution in [2.75, 3.05) is 0 Å². The van der Waals surface area contributed by atoms with Crippen molar-refractivity contribution in [2.24, 2.45) is 0 Å². The first-order chi connectivity index (χ1) is 10.1. The summed E-state index contributed by atoms with van der Waals surface area (Å²) in [7, 11) is 0. The van der Waals surface area contributed by atoms with Crippen molar-refractivity contribution in [1.29, 1.82) is 0 Å². The molecule has 0 spiro atoms. The van der Waals surface area contributed by atoms with Crippen LogP contribution in [0.25, 0.3) is 22.8 Å². The van der Waals surface area contributed by atoms with Crippen molar-refractivity contribution in [3.63, 3.8) is 0 Å². The van der Waals surface area contributed by atoms with Gasteiger partial charge in [0.1, 0.15) is 5.69 Å². The van der Waals surface area contributed by atoms with Crippen LogP contribution in [0.2, 0.25) is 5.02 Å². The first kappa shape index (κ1) is 12.2. The third kappa shape index (κ3) is 1.71. The van der Waals surface area contributed by atoms with Crippen LogP contribution in [0.15, 0.2) is 28.9 Å². The Bertz CT molecular complexity index is 855. The average molecular weight is 305 g/mol. The van der Waals surface area contributed by atoms with Crippen LogP contribution in [0.5, 0.6) is 0 Å². The topological polar surface area (TPSA) is 91.0 Å². The number of benzene rings is 1. The lowest BCUT2D eigenvalue weighted by Gasteiger charge is -2.07. The molecule has 1 N–H and O–H groups in total. The van der Waals surface area contributed by atoms with Crippen LogP contribution < -0.4 is 4.90 Å². The van der Waals surface area contributed by atoms with E-state index >= 15 is 0 Å². The van der Waals surface area contributed by atoms with Gasteiger partial charge in [-0.05, 0) is 17.0 Å². The summed E-state index contributed by atoms with van der Waals surface area (Å²) in [6.07, 6.45) is 0.923. The number of aromatic nitrogens is 4. The van der Waals surface area contributed by atoms with Gasteiger partial charge in [-0.15, -0.1) is 0 Å². The van der Waals surface area contributed by atoms with E-state index in [1.54, 1.807) is 24.3 Å². The van der Waals surface area contributed by atoms with Gasteiger partial charge in [-0.1, -0.05) is 23.7 Å². The smallest absolute Gasteiger partial charge is 0.271 e. The molecule has 0 unspecified atom stereocenters. The van der Waals surface area contributed by atoms with E-state index in [4.69, 9.17) is 11.6 Å². The van der Waals surface area contributed by atoms with E-state index in [0.717, 1.165) is 4.73 Å². The molecule has 1 aliphatic carbocycles. The lowest BCUT2D eigenvalue weighted by Crippen LogP contribution is -2.29. The summed E-state index contributed by atoms with van der Waals surface area (Å²) in [4.78, 5) is 4.78. The molecule has 0 saturated carbocycles. The summed E-state index contributed by atoms with van der Waals surface area (Å²) >= 11 is 5.97. The van der Waals surface area contributed by atoms with Gasteiger partial charge in [0.15, 0.2) is 5.82 Å². The molecule has 2 aromatic heterocycles. The Morgan fingerprint density at radius 3 is 3.00 bits per heavy atom. The Morgan fingerprint density at radius 2 is 2.19 bits per heavy atom. The predicted molar refractivity (Wildman–Crippen MR) is 71.7 cm³/mol. The summed E-state index contributed by atoms with van der Waals surface area (Å²) in [5, 5.41) is 26.0. The molecule has 7 nitrogen and oxygen atoms in total. The standard InChI is InChI=1S/C13H9ClN4O3/c14-8-3-1-2-7(6-8)13-15-11-9(17(13)19)4-5-10-12(11)16-21-18(10)20/h1-3,6,19H,4-5H2. The van der Waals surface area contributed by atoms with Gasteiger partial charge in [-0.3, -0.25) is 4.63 Å². The number of rotatable bonds is 1. The summed E-state index contributed by atoms with van der Waals surface area (Å²) in [6.45, 7) is 0. The zero-order valence-electron chi connectivity index (χ0n) is 10.7. The third-order valence-corrected chi connectivity index (χ3v) is 3.79. The monoisotopic (exact) mass is 304 g/mol. The fourth-order valence-electron chi connectivity index (χ4n) is 2.57. The van der Waals surface area contributed by atoms with Gasteiger partial charge < -0.3 is 10.4 Å². The second-order valence-corrected chi connectivity index (χ2v) is 5.21. The van der Waals surface area contributed by atoms with E-state index in [9.17, 15) is 10.4 Å². The van der Waals surface area contributed by atoms with E-state index in [1.165, 1.54) is 0 Å². The Morgan fingerprint density at radius 1 is 1.33 bits per heavy atom. The minimum Gasteiger partial charge on any atom is -0.427 e. The number of imidazole rings is 1. The van der Waals surface area contributed by atoms with Crippen LogP contribution in [0, 0.1) is 5.21 Å². The van der Waals surface area contributed by atoms with Gasteiger partial charge in [0.25, 0.3) is 5.69 Å². The molecule has 0 bridgehead atoms. The lowest BCUT2D eigenvalue weighted by molar-refractivity contribution is -0.807. The van der Waals surface area contributed by atoms with Gasteiger partial charge >= 0.3 is 0 Å². The summed E-state index contributed by atoms with van der Waals surface area (Å²) in [5.74, 6) is 0.357. The Balaban J connectivity index is 1.93. The van der Waals surface area contributed by atoms with Gasteiger partial charge in [0.05, 0.1) is 5.69 Å². The highest BCUT2D eigenvalue weighted by molar-refractivity contribution is 6.30. The molecule has 0 radical (unpaired) electrons. The number of nitrogens with zero attached hydrogens (tertiary/aromatic N) is 4. The lowest BCUT2D eigenvalue weighted by atomic mass is 10.0. The minimum atomic E-state index is 0.357. The molecule has 0 atom stereocenters. The van der Waals surface area contributed by atoms with Crippen molar-refractivity contribution in [3.8, 4) is 22.8 Å². The van der Waals surface area contributed by atoms with Crippen LogP contribution in [0.1, 0.15) is 11.4 Å². The highest BCUT2D eigenvalue weighted by Gasteiger charge is 2.33. The Hall–Kier alpha value is -2.54. The van der Waals surface area contributed by atoms with E-state index in [1.807, 2.05) is 0 Å². The van der Waals surface area contributed by atoms with E-state index in [2.05, 4.69) is 14.8 Å². The second-order valence-electron chi connectivity index (χ2n) is 4.78. The maximum Gasteiger partial charge on any atom is 0.271 e. The normalized spacial score (nSPS) is 13.0. The zero-order chi connectivity index (χ0) is 14.6. The Labute approximate surface area is 123 Å². The van der Waals surface area contributed by atoms with Crippen molar-refractivity contribution >= 4 is 11.6 Å². The van der Waals surface area contributed by atoms with Crippen LogP contribution >= 0.6 is 11.6 Å². The van der Waals surface area contributed by atoms with E-state index in [-0.39, 0.29) is 0 Å². The highest BCUT2D eigenvalue weighted by Crippen LogP contribution is 2.33. The molecule has 0 aliphatic heterocycles. The van der Waals surface area contributed by atoms with Crippen LogP contribution in [-0.2, 0) is 12.8 Å². The fourth-order valence-corrected chi connectivity index (χ4v) is 2.76. The summed E-state index contributed by atoms with van der Waals surface area (Å²) < 4.78 is 5.63. The molecule has 4 rings (SSSR count). The third-order valence-electron chi connectivity index (χ3n) is 3.55. The largest absolute Gasteiger partial charge is 0.427 e. The first-order valence-corrected chi connectivity index (χ1v) is 6.68. The molecule has 0 fully saturated rings. The molecule has 21 heavy (non-hydrogen) atoms. The molecular formula is C13H9ClN4O3. The quantitative estimate of drug-likeness (QED) is 0.547. The van der Waals surface area contributed by atoms with Crippen molar-refractivity contribution < 1.29 is 14.7 Å². The molecule has 1 aliphatic rings. The van der Waals surface area contributed by atoms with Crippen molar-refractivity contribution in [3.05, 3.63) is 45.9 Å². The number of halogens is 1. The summed E-state index contributed by atoms with van der Waals surface area (Å²) in [6, 6.07) is 7.02. The molecule has 1 aromatic carbocycles. The van der Waals surface area contributed by atoms with Crippen LogP contribution in [0.4, 0.5) is 0 Å². The van der Waals surface area contributed by atoms with Crippen LogP contribution in [0.3, 0.4) is 0 Å². The van der Waals surface area contributed by atoms with Gasteiger partial charge in [0.2, 0.25) is 5.69 Å². The molecule has 0 amide bonds. The molecule has 0 saturated heterocycles. The number of hydrogen-bond acceptors (Lipinski definition) is 5. The van der Waals surface area contributed by atoms with Crippen molar-refractivity contribution in [1.82, 2.24) is 14.9 Å². The fraction of sp³-hybridized carbons (Fsp3) is 0.154. The van der Waals surface area contributed by atoms with Gasteiger partial charge in [-0.2, -0.15) is 4.73 Å². The molecule has 106 valence electrons. The number of fused-ring (bicyclic) bond motifs is 3. The highest BCUT2D eigenvalue weighted by atomic mass is 35.5. The number of hydrogen-bond donors (Lipinski definition) is 1. The second kappa shape index (κ2) is 4.23. The molecule has 8 heteroatoms. The van der Waals surface area contributed by atoms with Gasteiger partial charge in [0, 0.05) is 28.6 Å².